The molecule has 2 aliphatic rings. The Morgan fingerprint density at radius 3 is 2.65 bits per heavy atom. The molecule has 0 spiro atoms. The lowest BCUT2D eigenvalue weighted by molar-refractivity contribution is 0.1000. The SMILES string of the molecule is NC(=O)c1ccc(-c2ccnc(Nc3nc4c(s3)CCCC4O)c2OC2CCC2)cc1. The number of fused-ring (bicyclic) bond motifs is 1. The van der Waals surface area contributed by atoms with Gasteiger partial charge in [-0.2, -0.15) is 0 Å². The van der Waals surface area contributed by atoms with Crippen molar-refractivity contribution in [1.29, 1.82) is 0 Å². The maximum atomic E-state index is 11.4. The average molecular weight is 437 g/mol. The fourth-order valence-electron chi connectivity index (χ4n) is 3.90. The fraction of sp³-hybridized carbons (Fsp3) is 0.348. The highest BCUT2D eigenvalue weighted by atomic mass is 32.1. The summed E-state index contributed by atoms with van der Waals surface area (Å²) >= 11 is 1.56. The Bertz CT molecular complexity index is 1110. The molecule has 160 valence electrons. The average Bonchev–Trinajstić information content (AvgIpc) is 3.15. The van der Waals surface area contributed by atoms with Crippen LogP contribution in [0.15, 0.2) is 36.5 Å². The van der Waals surface area contributed by atoms with Crippen molar-refractivity contribution in [3.8, 4) is 16.9 Å². The third-order valence-corrected chi connectivity index (χ3v) is 6.92. The lowest BCUT2D eigenvalue weighted by atomic mass is 9.96. The molecule has 2 heterocycles. The number of aliphatic hydroxyl groups excluding tert-OH is 1. The number of ether oxygens (including phenoxy) is 1. The van der Waals surface area contributed by atoms with E-state index in [0.717, 1.165) is 60.2 Å². The Kier molecular flexibility index (Phi) is 5.33. The van der Waals surface area contributed by atoms with Gasteiger partial charge in [-0.05, 0) is 62.3 Å². The van der Waals surface area contributed by atoms with Crippen molar-refractivity contribution in [2.45, 2.75) is 50.7 Å². The van der Waals surface area contributed by atoms with E-state index in [1.807, 2.05) is 18.2 Å². The molecule has 0 saturated heterocycles. The minimum absolute atomic E-state index is 0.166. The van der Waals surface area contributed by atoms with E-state index in [0.29, 0.717) is 22.3 Å². The van der Waals surface area contributed by atoms with Gasteiger partial charge in [0.2, 0.25) is 5.91 Å². The van der Waals surface area contributed by atoms with Gasteiger partial charge in [0.1, 0.15) is 0 Å². The molecule has 0 bridgehead atoms. The molecule has 2 aliphatic carbocycles. The predicted octanol–water partition coefficient (Wildman–Crippen LogP) is 4.35. The number of aryl methyl sites for hydroxylation is 1. The van der Waals surface area contributed by atoms with Gasteiger partial charge < -0.3 is 20.9 Å². The highest BCUT2D eigenvalue weighted by Crippen LogP contribution is 2.41. The summed E-state index contributed by atoms with van der Waals surface area (Å²) in [7, 11) is 0. The second-order valence-corrected chi connectivity index (χ2v) is 9.09. The molecule has 0 radical (unpaired) electrons. The van der Waals surface area contributed by atoms with Gasteiger partial charge >= 0.3 is 0 Å². The topological polar surface area (TPSA) is 110 Å². The Morgan fingerprint density at radius 2 is 1.97 bits per heavy atom. The first-order chi connectivity index (χ1) is 15.1. The molecular formula is C23H24N4O3S. The van der Waals surface area contributed by atoms with Gasteiger partial charge in [-0.15, -0.1) is 11.3 Å². The number of amides is 1. The van der Waals surface area contributed by atoms with Crippen molar-refractivity contribution in [2.75, 3.05) is 5.32 Å². The maximum Gasteiger partial charge on any atom is 0.248 e. The van der Waals surface area contributed by atoms with Gasteiger partial charge in [0, 0.05) is 22.2 Å². The maximum absolute atomic E-state index is 11.4. The summed E-state index contributed by atoms with van der Waals surface area (Å²) in [6, 6.07) is 9.08. The lowest BCUT2D eigenvalue weighted by Gasteiger charge is -2.28. The normalized spacial score (nSPS) is 18.2. The van der Waals surface area contributed by atoms with Crippen LogP contribution in [0.4, 0.5) is 10.9 Å². The van der Waals surface area contributed by atoms with Crippen LogP contribution in [0.5, 0.6) is 5.75 Å². The number of benzene rings is 1. The van der Waals surface area contributed by atoms with Crippen LogP contribution in [0, 0.1) is 0 Å². The molecule has 8 heteroatoms. The molecule has 5 rings (SSSR count). The molecule has 1 saturated carbocycles. The van der Waals surface area contributed by atoms with Gasteiger partial charge in [-0.25, -0.2) is 9.97 Å². The molecule has 1 atom stereocenters. The number of hydrogen-bond donors (Lipinski definition) is 3. The zero-order valence-corrected chi connectivity index (χ0v) is 17.8. The van der Waals surface area contributed by atoms with E-state index < -0.39 is 12.0 Å². The van der Waals surface area contributed by atoms with Crippen LogP contribution >= 0.6 is 11.3 Å². The molecule has 1 unspecified atom stereocenters. The summed E-state index contributed by atoms with van der Waals surface area (Å²) in [6.45, 7) is 0. The zero-order chi connectivity index (χ0) is 21.4. The summed E-state index contributed by atoms with van der Waals surface area (Å²) in [5, 5.41) is 14.3. The van der Waals surface area contributed by atoms with Gasteiger partial charge in [-0.1, -0.05) is 12.1 Å². The summed E-state index contributed by atoms with van der Waals surface area (Å²) in [5.74, 6) is 0.821. The Hall–Kier alpha value is -2.97. The number of hydrogen-bond acceptors (Lipinski definition) is 7. The standard InChI is InChI=1S/C23H24N4O3S/c24-21(29)14-9-7-13(8-10-14)16-11-12-25-22(20(16)30-15-3-1-4-15)27-23-26-19-17(28)5-2-6-18(19)31-23/h7-12,15,17,28H,1-6H2,(H2,24,29)(H,25,26,27). The molecule has 1 fully saturated rings. The number of nitrogens with two attached hydrogens (primary N) is 1. The minimum atomic E-state index is -0.496. The number of anilines is 2. The number of pyridine rings is 1. The number of primary amides is 1. The molecule has 31 heavy (non-hydrogen) atoms. The van der Waals surface area contributed by atoms with E-state index >= 15 is 0 Å². The van der Waals surface area contributed by atoms with E-state index in [1.165, 1.54) is 0 Å². The van der Waals surface area contributed by atoms with Crippen molar-refractivity contribution >= 4 is 28.2 Å². The van der Waals surface area contributed by atoms with Crippen molar-refractivity contribution < 1.29 is 14.6 Å². The summed E-state index contributed by atoms with van der Waals surface area (Å²) in [6.07, 6.45) is 7.27. The lowest BCUT2D eigenvalue weighted by Crippen LogP contribution is -2.25. The van der Waals surface area contributed by atoms with Crippen LogP contribution in [0.25, 0.3) is 11.1 Å². The Morgan fingerprint density at radius 1 is 1.16 bits per heavy atom. The Balaban J connectivity index is 1.51. The number of rotatable bonds is 6. The van der Waals surface area contributed by atoms with Gasteiger partial charge in [0.15, 0.2) is 16.7 Å². The van der Waals surface area contributed by atoms with Crippen LogP contribution in [-0.4, -0.2) is 27.1 Å². The number of aromatic nitrogens is 2. The number of aliphatic hydroxyl groups is 1. The van der Waals surface area contributed by atoms with Crippen LogP contribution in [0.2, 0.25) is 0 Å². The first kappa shape index (κ1) is 20.0. The van der Waals surface area contributed by atoms with Crippen LogP contribution in [0.3, 0.4) is 0 Å². The highest BCUT2D eigenvalue weighted by Gasteiger charge is 2.26. The molecule has 2 aromatic heterocycles. The number of carbonyl (C=O) groups excluding carboxylic acids is 1. The molecule has 0 aliphatic heterocycles. The largest absolute Gasteiger partial charge is 0.486 e. The van der Waals surface area contributed by atoms with Crippen LogP contribution in [-0.2, 0) is 6.42 Å². The van der Waals surface area contributed by atoms with Crippen LogP contribution in [0.1, 0.15) is 59.1 Å². The van der Waals surface area contributed by atoms with E-state index in [4.69, 9.17) is 10.5 Å². The van der Waals surface area contributed by atoms with E-state index in [2.05, 4.69) is 15.3 Å². The minimum Gasteiger partial charge on any atom is -0.486 e. The second-order valence-electron chi connectivity index (χ2n) is 8.01. The number of carbonyl (C=O) groups is 1. The Labute approximate surface area is 184 Å². The smallest absolute Gasteiger partial charge is 0.248 e. The van der Waals surface area contributed by atoms with Gasteiger partial charge in [-0.3, -0.25) is 4.79 Å². The number of thiazole rings is 1. The van der Waals surface area contributed by atoms with E-state index in [-0.39, 0.29) is 6.10 Å². The fourth-order valence-corrected chi connectivity index (χ4v) is 4.96. The second kappa shape index (κ2) is 8.28. The highest BCUT2D eigenvalue weighted by molar-refractivity contribution is 7.15. The van der Waals surface area contributed by atoms with Crippen molar-refractivity contribution in [3.63, 3.8) is 0 Å². The van der Waals surface area contributed by atoms with Crippen LogP contribution < -0.4 is 15.8 Å². The third kappa shape index (κ3) is 4.00. The first-order valence-corrected chi connectivity index (χ1v) is 11.4. The molecule has 1 aromatic carbocycles. The third-order valence-electron chi connectivity index (χ3n) is 5.87. The van der Waals surface area contributed by atoms with Gasteiger partial charge in [0.25, 0.3) is 0 Å². The zero-order valence-electron chi connectivity index (χ0n) is 17.0. The van der Waals surface area contributed by atoms with Crippen molar-refractivity contribution in [1.82, 2.24) is 9.97 Å². The quantitative estimate of drug-likeness (QED) is 0.530. The predicted molar refractivity (Wildman–Crippen MR) is 120 cm³/mol. The van der Waals surface area contributed by atoms with Gasteiger partial charge in [0.05, 0.1) is 17.9 Å². The van der Waals surface area contributed by atoms with E-state index in [9.17, 15) is 9.90 Å². The van der Waals surface area contributed by atoms with E-state index in [1.54, 1.807) is 29.7 Å². The molecule has 3 aromatic rings. The molecule has 1 amide bonds. The van der Waals surface area contributed by atoms with Crippen molar-refractivity contribution in [3.05, 3.63) is 52.7 Å². The summed E-state index contributed by atoms with van der Waals surface area (Å²) in [4.78, 5) is 21.7. The molecule has 4 N–H and O–H groups in total. The molecular weight excluding hydrogens is 412 g/mol. The molecule has 7 nitrogen and oxygen atoms in total. The summed E-state index contributed by atoms with van der Waals surface area (Å²) < 4.78 is 6.35. The monoisotopic (exact) mass is 436 g/mol. The number of nitrogens with one attached hydrogen (secondary N) is 1. The van der Waals surface area contributed by atoms with Crippen molar-refractivity contribution in [2.24, 2.45) is 5.73 Å². The number of nitrogens with zero attached hydrogens (tertiary/aromatic N) is 2. The summed E-state index contributed by atoms with van der Waals surface area (Å²) in [5.41, 5.74) is 8.42. The first-order valence-electron chi connectivity index (χ1n) is 10.6.